The van der Waals surface area contributed by atoms with Gasteiger partial charge >= 0.3 is 0 Å². The molecule has 1 aliphatic rings. The van der Waals surface area contributed by atoms with Crippen molar-refractivity contribution in [2.45, 2.75) is 25.0 Å². The number of phenols is 1. The van der Waals surface area contributed by atoms with Crippen LogP contribution in [-0.2, 0) is 6.54 Å². The summed E-state index contributed by atoms with van der Waals surface area (Å²) in [6, 6.07) is 18.8. The second-order valence-electron chi connectivity index (χ2n) is 5.25. The van der Waals surface area contributed by atoms with Gasteiger partial charge in [-0.25, -0.2) is 0 Å². The maximum atomic E-state index is 9.81. The second kappa shape index (κ2) is 6.07. The van der Waals surface area contributed by atoms with Crippen molar-refractivity contribution < 1.29 is 5.11 Å². The van der Waals surface area contributed by atoms with E-state index in [4.69, 9.17) is 0 Å². The number of aromatic hydroxyl groups is 1. The molecule has 0 radical (unpaired) electrons. The Hall–Kier alpha value is -1.84. The standard InChI is InChI=1S/C17H20N2O/c20-16-9-5-4-8-14(16)12-19-15-10-11-18-17(15)13-6-2-1-3-7-13/h1-9,15,17-20H,10-12H2/t15-,17-/m1/s1. The lowest BCUT2D eigenvalue weighted by Gasteiger charge is -2.21. The number of phenolic OH excluding ortho intramolecular Hbond substituents is 1. The Morgan fingerprint density at radius 1 is 1.05 bits per heavy atom. The monoisotopic (exact) mass is 268 g/mol. The summed E-state index contributed by atoms with van der Waals surface area (Å²) in [5.41, 5.74) is 2.27. The lowest BCUT2D eigenvalue weighted by Crippen LogP contribution is -2.33. The highest BCUT2D eigenvalue weighted by atomic mass is 16.3. The average Bonchev–Trinajstić information content (AvgIpc) is 2.96. The quantitative estimate of drug-likeness (QED) is 0.798. The van der Waals surface area contributed by atoms with Gasteiger partial charge in [0.15, 0.2) is 0 Å². The Morgan fingerprint density at radius 3 is 2.60 bits per heavy atom. The molecule has 20 heavy (non-hydrogen) atoms. The molecule has 2 aromatic rings. The number of hydrogen-bond acceptors (Lipinski definition) is 3. The molecule has 104 valence electrons. The maximum Gasteiger partial charge on any atom is 0.120 e. The minimum atomic E-state index is 0.349. The molecule has 0 spiro atoms. The summed E-state index contributed by atoms with van der Waals surface area (Å²) in [6.07, 6.45) is 1.10. The predicted octanol–water partition coefficient (Wildman–Crippen LogP) is 2.59. The Labute approximate surface area is 119 Å². The summed E-state index contributed by atoms with van der Waals surface area (Å²) in [7, 11) is 0. The van der Waals surface area contributed by atoms with Gasteiger partial charge in [-0.2, -0.15) is 0 Å². The fraction of sp³-hybridized carbons (Fsp3) is 0.294. The van der Waals surface area contributed by atoms with Crippen molar-refractivity contribution in [1.82, 2.24) is 10.6 Å². The highest BCUT2D eigenvalue weighted by Gasteiger charge is 2.27. The van der Waals surface area contributed by atoms with Crippen LogP contribution in [0.25, 0.3) is 0 Å². The third kappa shape index (κ3) is 2.84. The van der Waals surface area contributed by atoms with E-state index in [9.17, 15) is 5.11 Å². The summed E-state index contributed by atoms with van der Waals surface area (Å²) in [5, 5.41) is 16.9. The van der Waals surface area contributed by atoms with E-state index < -0.39 is 0 Å². The van der Waals surface area contributed by atoms with Crippen LogP contribution >= 0.6 is 0 Å². The molecular formula is C17H20N2O. The van der Waals surface area contributed by atoms with Gasteiger partial charge in [0, 0.05) is 24.2 Å². The van der Waals surface area contributed by atoms with Crippen molar-refractivity contribution in [3.8, 4) is 5.75 Å². The van der Waals surface area contributed by atoms with Crippen molar-refractivity contribution >= 4 is 0 Å². The van der Waals surface area contributed by atoms with Crippen LogP contribution in [0.1, 0.15) is 23.6 Å². The van der Waals surface area contributed by atoms with E-state index in [-0.39, 0.29) is 0 Å². The first-order valence-electron chi connectivity index (χ1n) is 7.13. The molecule has 0 aliphatic carbocycles. The van der Waals surface area contributed by atoms with Gasteiger partial charge in [-0.15, -0.1) is 0 Å². The van der Waals surface area contributed by atoms with Crippen LogP contribution in [0.4, 0.5) is 0 Å². The van der Waals surface area contributed by atoms with Crippen molar-refractivity contribution in [3.05, 3.63) is 65.7 Å². The van der Waals surface area contributed by atoms with Crippen LogP contribution in [0, 0.1) is 0 Å². The molecule has 3 N–H and O–H groups in total. The molecule has 0 amide bonds. The molecule has 1 fully saturated rings. The fourth-order valence-electron chi connectivity index (χ4n) is 2.84. The van der Waals surface area contributed by atoms with Crippen molar-refractivity contribution in [2.75, 3.05) is 6.54 Å². The van der Waals surface area contributed by atoms with Gasteiger partial charge < -0.3 is 15.7 Å². The summed E-state index contributed by atoms with van der Waals surface area (Å²) < 4.78 is 0. The van der Waals surface area contributed by atoms with Crippen LogP contribution in [0.2, 0.25) is 0 Å². The molecular weight excluding hydrogens is 248 g/mol. The Balaban J connectivity index is 1.67. The van der Waals surface area contributed by atoms with Crippen LogP contribution in [0.5, 0.6) is 5.75 Å². The van der Waals surface area contributed by atoms with E-state index in [1.54, 1.807) is 6.07 Å². The smallest absolute Gasteiger partial charge is 0.120 e. The van der Waals surface area contributed by atoms with Crippen molar-refractivity contribution in [3.63, 3.8) is 0 Å². The van der Waals surface area contributed by atoms with Gasteiger partial charge in [0.2, 0.25) is 0 Å². The lowest BCUT2D eigenvalue weighted by molar-refractivity contribution is 0.439. The van der Waals surface area contributed by atoms with Crippen LogP contribution < -0.4 is 10.6 Å². The van der Waals surface area contributed by atoms with Gasteiger partial charge in [-0.1, -0.05) is 48.5 Å². The number of rotatable bonds is 4. The molecule has 0 bridgehead atoms. The van der Waals surface area contributed by atoms with Gasteiger partial charge in [-0.3, -0.25) is 0 Å². The van der Waals surface area contributed by atoms with Crippen molar-refractivity contribution in [2.24, 2.45) is 0 Å². The Bertz CT molecular complexity index is 556. The molecule has 0 aromatic heterocycles. The fourth-order valence-corrected chi connectivity index (χ4v) is 2.84. The summed E-state index contributed by atoms with van der Waals surface area (Å²) in [4.78, 5) is 0. The molecule has 0 unspecified atom stereocenters. The minimum Gasteiger partial charge on any atom is -0.508 e. The highest BCUT2D eigenvalue weighted by Crippen LogP contribution is 2.24. The average molecular weight is 268 g/mol. The highest BCUT2D eigenvalue weighted by molar-refractivity contribution is 5.31. The molecule has 2 atom stereocenters. The van der Waals surface area contributed by atoms with E-state index in [1.165, 1.54) is 5.56 Å². The van der Waals surface area contributed by atoms with Crippen LogP contribution in [0.15, 0.2) is 54.6 Å². The maximum absolute atomic E-state index is 9.81. The number of hydrogen-bond donors (Lipinski definition) is 3. The molecule has 0 saturated carbocycles. The van der Waals surface area contributed by atoms with Crippen molar-refractivity contribution in [1.29, 1.82) is 0 Å². The Morgan fingerprint density at radius 2 is 1.80 bits per heavy atom. The first-order chi connectivity index (χ1) is 9.84. The molecule has 1 aliphatic heterocycles. The largest absolute Gasteiger partial charge is 0.508 e. The zero-order valence-electron chi connectivity index (χ0n) is 11.4. The molecule has 1 heterocycles. The van der Waals surface area contributed by atoms with E-state index in [1.807, 2.05) is 24.3 Å². The summed E-state index contributed by atoms with van der Waals surface area (Å²) in [6.45, 7) is 1.72. The minimum absolute atomic E-state index is 0.349. The van der Waals surface area contributed by atoms with Gasteiger partial charge in [0.05, 0.1) is 0 Å². The van der Waals surface area contributed by atoms with E-state index in [0.29, 0.717) is 24.4 Å². The molecule has 2 aromatic carbocycles. The Kier molecular flexibility index (Phi) is 4.00. The number of para-hydroxylation sites is 1. The lowest BCUT2D eigenvalue weighted by atomic mass is 10.0. The van der Waals surface area contributed by atoms with Gasteiger partial charge in [0.25, 0.3) is 0 Å². The zero-order valence-corrected chi connectivity index (χ0v) is 11.4. The van der Waals surface area contributed by atoms with Crippen LogP contribution in [-0.4, -0.2) is 17.7 Å². The normalized spacial score (nSPS) is 22.0. The zero-order chi connectivity index (χ0) is 13.8. The topological polar surface area (TPSA) is 44.3 Å². The number of benzene rings is 2. The van der Waals surface area contributed by atoms with Gasteiger partial charge in [0.1, 0.15) is 5.75 Å². The summed E-state index contributed by atoms with van der Waals surface area (Å²) in [5.74, 6) is 0.363. The predicted molar refractivity (Wildman–Crippen MR) is 80.5 cm³/mol. The first-order valence-corrected chi connectivity index (χ1v) is 7.13. The van der Waals surface area contributed by atoms with E-state index in [2.05, 4.69) is 34.9 Å². The third-order valence-electron chi connectivity index (χ3n) is 3.93. The third-order valence-corrected chi connectivity index (χ3v) is 3.93. The summed E-state index contributed by atoms with van der Waals surface area (Å²) >= 11 is 0. The second-order valence-corrected chi connectivity index (χ2v) is 5.25. The SMILES string of the molecule is Oc1ccccc1CN[C@@H]1CCN[C@@H]1c1ccccc1. The molecule has 3 heteroatoms. The van der Waals surface area contributed by atoms with E-state index >= 15 is 0 Å². The van der Waals surface area contributed by atoms with Crippen LogP contribution in [0.3, 0.4) is 0 Å². The van der Waals surface area contributed by atoms with E-state index in [0.717, 1.165) is 18.5 Å². The molecule has 1 saturated heterocycles. The first kappa shape index (κ1) is 13.2. The molecule has 3 rings (SSSR count). The van der Waals surface area contributed by atoms with Gasteiger partial charge in [-0.05, 0) is 24.6 Å². The number of nitrogens with one attached hydrogen (secondary N) is 2. The molecule has 3 nitrogen and oxygen atoms in total.